The molecule has 1 aliphatic heterocycles. The minimum absolute atomic E-state index is 0.0481. The summed E-state index contributed by atoms with van der Waals surface area (Å²) in [6.45, 7) is 2.77. The van der Waals surface area contributed by atoms with Gasteiger partial charge in [0, 0.05) is 18.4 Å². The highest BCUT2D eigenvalue weighted by Crippen LogP contribution is 2.37. The summed E-state index contributed by atoms with van der Waals surface area (Å²) in [6.07, 6.45) is 3.24. The molecule has 2 aliphatic rings. The lowest BCUT2D eigenvalue weighted by Crippen LogP contribution is -2.38. The Balaban J connectivity index is 1.73. The molecule has 1 heterocycles. The van der Waals surface area contributed by atoms with Crippen molar-refractivity contribution in [2.24, 2.45) is 17.6 Å². The third-order valence-electron chi connectivity index (χ3n) is 5.02. The van der Waals surface area contributed by atoms with E-state index in [2.05, 4.69) is 19.1 Å². The van der Waals surface area contributed by atoms with Crippen LogP contribution in [0.25, 0.3) is 0 Å². The Morgan fingerprint density at radius 1 is 1.19 bits per heavy atom. The summed E-state index contributed by atoms with van der Waals surface area (Å²) >= 11 is 0. The van der Waals surface area contributed by atoms with Crippen molar-refractivity contribution >= 4 is 11.8 Å². The first-order chi connectivity index (χ1) is 10.1. The van der Waals surface area contributed by atoms with E-state index in [0.717, 1.165) is 19.3 Å². The van der Waals surface area contributed by atoms with Gasteiger partial charge in [-0.25, -0.2) is 0 Å². The van der Waals surface area contributed by atoms with Gasteiger partial charge >= 0.3 is 0 Å². The molecule has 2 amide bonds. The molecule has 0 spiro atoms. The molecule has 21 heavy (non-hydrogen) atoms. The minimum Gasteiger partial charge on any atom is -0.369 e. The van der Waals surface area contributed by atoms with Gasteiger partial charge in [0.2, 0.25) is 11.8 Å². The predicted octanol–water partition coefficient (Wildman–Crippen LogP) is 2.38. The molecule has 1 aromatic rings. The summed E-state index contributed by atoms with van der Waals surface area (Å²) in [4.78, 5) is 26.2. The molecule has 3 rings (SSSR count). The maximum atomic E-state index is 12.8. The topological polar surface area (TPSA) is 63.4 Å². The third-order valence-corrected chi connectivity index (χ3v) is 5.02. The smallest absolute Gasteiger partial charge is 0.226 e. The minimum atomic E-state index is -0.259. The number of primary amides is 1. The van der Waals surface area contributed by atoms with Crippen LogP contribution in [0, 0.1) is 11.8 Å². The highest BCUT2D eigenvalue weighted by atomic mass is 16.2. The molecule has 3 unspecified atom stereocenters. The Morgan fingerprint density at radius 3 is 2.62 bits per heavy atom. The molecule has 2 N–H and O–H groups in total. The molecule has 0 aromatic heterocycles. The van der Waals surface area contributed by atoms with Crippen LogP contribution in [-0.4, -0.2) is 16.7 Å². The monoisotopic (exact) mass is 286 g/mol. The second-order valence-corrected chi connectivity index (χ2v) is 6.30. The second-order valence-electron chi connectivity index (χ2n) is 6.30. The van der Waals surface area contributed by atoms with Gasteiger partial charge < -0.3 is 10.6 Å². The van der Waals surface area contributed by atoms with Crippen LogP contribution in [0.3, 0.4) is 0 Å². The van der Waals surface area contributed by atoms with Crippen LogP contribution in [0.2, 0.25) is 0 Å². The van der Waals surface area contributed by atoms with Gasteiger partial charge in [0.05, 0.1) is 6.04 Å². The van der Waals surface area contributed by atoms with Crippen molar-refractivity contribution in [2.75, 3.05) is 0 Å². The molecule has 1 saturated carbocycles. The fourth-order valence-electron chi connectivity index (χ4n) is 3.75. The molecule has 1 aromatic carbocycles. The molecule has 4 heteroatoms. The number of benzene rings is 1. The summed E-state index contributed by atoms with van der Waals surface area (Å²) in [5.41, 5.74) is 7.90. The van der Waals surface area contributed by atoms with Crippen LogP contribution in [0.15, 0.2) is 24.3 Å². The highest BCUT2D eigenvalue weighted by Gasteiger charge is 2.37. The number of hydrogen-bond donors (Lipinski definition) is 1. The van der Waals surface area contributed by atoms with Gasteiger partial charge in [-0.15, -0.1) is 0 Å². The van der Waals surface area contributed by atoms with Crippen LogP contribution >= 0.6 is 0 Å². The lowest BCUT2D eigenvalue weighted by Gasteiger charge is -2.31. The predicted molar refractivity (Wildman–Crippen MR) is 80.0 cm³/mol. The molecule has 1 aliphatic carbocycles. The summed E-state index contributed by atoms with van der Waals surface area (Å²) in [7, 11) is 0. The van der Waals surface area contributed by atoms with E-state index in [1.165, 1.54) is 11.1 Å². The SMILES string of the molecule is CC1c2ccccc2CN1C(=O)C1CCCC(C(N)=O)C1. The maximum Gasteiger partial charge on any atom is 0.226 e. The number of amides is 2. The van der Waals surface area contributed by atoms with E-state index < -0.39 is 0 Å². The van der Waals surface area contributed by atoms with Crippen molar-refractivity contribution in [2.45, 2.75) is 45.2 Å². The number of fused-ring (bicyclic) bond motifs is 1. The third kappa shape index (κ3) is 2.55. The number of carbonyl (C=O) groups is 2. The molecule has 3 atom stereocenters. The Labute approximate surface area is 125 Å². The van der Waals surface area contributed by atoms with Crippen molar-refractivity contribution in [3.63, 3.8) is 0 Å². The Kier molecular flexibility index (Phi) is 3.70. The first-order valence-corrected chi connectivity index (χ1v) is 7.75. The summed E-state index contributed by atoms with van der Waals surface area (Å²) in [5, 5.41) is 0. The van der Waals surface area contributed by atoms with Gasteiger partial charge in [0.15, 0.2) is 0 Å². The van der Waals surface area contributed by atoms with Crippen LogP contribution in [-0.2, 0) is 16.1 Å². The molecule has 4 nitrogen and oxygen atoms in total. The number of hydrogen-bond acceptors (Lipinski definition) is 2. The largest absolute Gasteiger partial charge is 0.369 e. The van der Waals surface area contributed by atoms with Crippen molar-refractivity contribution < 1.29 is 9.59 Å². The fourth-order valence-corrected chi connectivity index (χ4v) is 3.75. The van der Waals surface area contributed by atoms with Crippen LogP contribution in [0.5, 0.6) is 0 Å². The van der Waals surface area contributed by atoms with E-state index in [9.17, 15) is 9.59 Å². The Morgan fingerprint density at radius 2 is 1.90 bits per heavy atom. The fraction of sp³-hybridized carbons (Fsp3) is 0.529. The zero-order valence-electron chi connectivity index (χ0n) is 12.4. The van der Waals surface area contributed by atoms with E-state index in [1.54, 1.807) is 0 Å². The van der Waals surface area contributed by atoms with Gasteiger partial charge in [-0.2, -0.15) is 0 Å². The van der Waals surface area contributed by atoms with Gasteiger partial charge in [-0.3, -0.25) is 9.59 Å². The number of nitrogens with two attached hydrogens (primary N) is 1. The van der Waals surface area contributed by atoms with Crippen LogP contribution in [0.4, 0.5) is 0 Å². The van der Waals surface area contributed by atoms with E-state index in [-0.39, 0.29) is 29.7 Å². The van der Waals surface area contributed by atoms with E-state index in [0.29, 0.717) is 13.0 Å². The summed E-state index contributed by atoms with van der Waals surface area (Å²) in [5.74, 6) is -0.254. The highest BCUT2D eigenvalue weighted by molar-refractivity contribution is 5.82. The molecule has 0 radical (unpaired) electrons. The normalized spacial score (nSPS) is 28.2. The average Bonchev–Trinajstić information content (AvgIpc) is 2.84. The zero-order valence-corrected chi connectivity index (χ0v) is 12.4. The van der Waals surface area contributed by atoms with Crippen LogP contribution in [0.1, 0.15) is 49.8 Å². The van der Waals surface area contributed by atoms with Crippen LogP contribution < -0.4 is 5.73 Å². The van der Waals surface area contributed by atoms with Gasteiger partial charge in [-0.1, -0.05) is 30.7 Å². The maximum absolute atomic E-state index is 12.8. The van der Waals surface area contributed by atoms with Crippen molar-refractivity contribution in [3.05, 3.63) is 35.4 Å². The molecular weight excluding hydrogens is 264 g/mol. The molecule has 1 fully saturated rings. The van der Waals surface area contributed by atoms with Crippen molar-refractivity contribution in [1.82, 2.24) is 4.90 Å². The molecule has 112 valence electrons. The second kappa shape index (κ2) is 5.51. The number of nitrogens with zero attached hydrogens (tertiary/aromatic N) is 1. The van der Waals surface area contributed by atoms with Crippen molar-refractivity contribution in [1.29, 1.82) is 0 Å². The average molecular weight is 286 g/mol. The zero-order chi connectivity index (χ0) is 15.0. The van der Waals surface area contributed by atoms with Gasteiger partial charge in [-0.05, 0) is 37.3 Å². The molecule has 0 bridgehead atoms. The van der Waals surface area contributed by atoms with Gasteiger partial charge in [0.25, 0.3) is 0 Å². The van der Waals surface area contributed by atoms with E-state index in [4.69, 9.17) is 5.73 Å². The van der Waals surface area contributed by atoms with Crippen molar-refractivity contribution in [3.8, 4) is 0 Å². The number of carbonyl (C=O) groups excluding carboxylic acids is 2. The summed E-state index contributed by atoms with van der Waals surface area (Å²) in [6, 6.07) is 8.35. The lowest BCUT2D eigenvalue weighted by molar-refractivity contribution is -0.140. The lowest BCUT2D eigenvalue weighted by atomic mass is 9.80. The van der Waals surface area contributed by atoms with E-state index in [1.807, 2.05) is 17.0 Å². The quantitative estimate of drug-likeness (QED) is 0.907. The molecule has 0 saturated heterocycles. The standard InChI is InChI=1S/C17H22N2O2/c1-11-15-8-3-2-5-14(15)10-19(11)17(21)13-7-4-6-12(9-13)16(18)20/h2-3,5,8,11-13H,4,6-7,9-10H2,1H3,(H2,18,20). The Hall–Kier alpha value is -1.84. The summed E-state index contributed by atoms with van der Waals surface area (Å²) < 4.78 is 0. The molecular formula is C17H22N2O2. The van der Waals surface area contributed by atoms with Gasteiger partial charge in [0.1, 0.15) is 0 Å². The first-order valence-electron chi connectivity index (χ1n) is 7.75. The first kappa shape index (κ1) is 14.1. The van der Waals surface area contributed by atoms with E-state index >= 15 is 0 Å². The Bertz CT molecular complexity index is 570. The number of rotatable bonds is 2.